The monoisotopic (exact) mass is 371 g/mol. The van der Waals surface area contributed by atoms with E-state index < -0.39 is 0 Å². The number of nitrogens with zero attached hydrogens (tertiary/aromatic N) is 3. The largest absolute Gasteiger partial charge is 0.338 e. The lowest BCUT2D eigenvalue weighted by Crippen LogP contribution is -2.40. The van der Waals surface area contributed by atoms with Crippen LogP contribution >= 0.6 is 0 Å². The van der Waals surface area contributed by atoms with Crippen LogP contribution in [0.15, 0.2) is 10.9 Å². The second kappa shape index (κ2) is 6.46. The number of hydrogen-bond donors (Lipinski definition) is 0. The molecule has 1 atom stereocenters. The van der Waals surface area contributed by atoms with Crippen LogP contribution in [0.2, 0.25) is 0 Å². The van der Waals surface area contributed by atoms with E-state index >= 15 is 0 Å². The molecule has 2 fully saturated rings. The number of aryl methyl sites for hydroxylation is 1. The Balaban J connectivity index is 1.40. The van der Waals surface area contributed by atoms with Gasteiger partial charge in [0.05, 0.1) is 5.69 Å². The van der Waals surface area contributed by atoms with Crippen LogP contribution < -0.4 is 5.56 Å². The summed E-state index contributed by atoms with van der Waals surface area (Å²) in [7, 11) is 1.68. The third-order valence-corrected chi connectivity index (χ3v) is 8.04. The van der Waals surface area contributed by atoms with Gasteiger partial charge >= 0.3 is 0 Å². The molecule has 0 bridgehead atoms. The molecule has 5 nitrogen and oxygen atoms in total. The highest BCUT2D eigenvalue weighted by molar-refractivity contribution is 5.83. The van der Waals surface area contributed by atoms with Crippen molar-refractivity contribution >= 4 is 5.91 Å². The summed E-state index contributed by atoms with van der Waals surface area (Å²) < 4.78 is 1.39. The normalized spacial score (nSPS) is 30.3. The molecule has 2 aliphatic carbocycles. The fourth-order valence-electron chi connectivity index (χ4n) is 5.41. The summed E-state index contributed by atoms with van der Waals surface area (Å²) in [5.41, 5.74) is 2.51. The van der Waals surface area contributed by atoms with Gasteiger partial charge in [0.2, 0.25) is 5.91 Å². The van der Waals surface area contributed by atoms with Crippen LogP contribution in [0.5, 0.6) is 0 Å². The number of aromatic nitrogens is 2. The standard InChI is InChI=1S/C22H33N3O2/c1-5-21(2,3)16-6-9-22(10-7-16)13-17(22)20(27)25-11-8-18-15(14-25)12-19(26)24(4)23-18/h12,16-17H,5-11,13-14H2,1-4H3. The Morgan fingerprint density at radius 1 is 1.33 bits per heavy atom. The summed E-state index contributed by atoms with van der Waals surface area (Å²) in [6.45, 7) is 8.37. The van der Waals surface area contributed by atoms with Gasteiger partial charge < -0.3 is 4.90 Å². The van der Waals surface area contributed by atoms with Gasteiger partial charge in [0.15, 0.2) is 0 Å². The van der Waals surface area contributed by atoms with E-state index in [1.165, 1.54) is 36.8 Å². The lowest BCUT2D eigenvalue weighted by molar-refractivity contribution is -0.134. The van der Waals surface area contributed by atoms with Crippen molar-refractivity contribution in [1.29, 1.82) is 0 Å². The highest BCUT2D eigenvalue weighted by Crippen LogP contribution is 2.64. The van der Waals surface area contributed by atoms with Crippen LogP contribution in [0.3, 0.4) is 0 Å². The Kier molecular flexibility index (Phi) is 4.47. The minimum absolute atomic E-state index is 0.0946. The van der Waals surface area contributed by atoms with Gasteiger partial charge in [0, 0.05) is 44.1 Å². The molecule has 0 N–H and O–H groups in total. The predicted octanol–water partition coefficient (Wildman–Crippen LogP) is 3.30. The molecule has 1 amide bonds. The Labute approximate surface area is 162 Å². The lowest BCUT2D eigenvalue weighted by atomic mass is 9.66. The van der Waals surface area contributed by atoms with E-state index in [0.29, 0.717) is 17.9 Å². The molecule has 1 aliphatic heterocycles. The number of fused-ring (bicyclic) bond motifs is 1. The Hall–Kier alpha value is -1.65. The van der Waals surface area contributed by atoms with Crippen LogP contribution in [0.4, 0.5) is 0 Å². The number of rotatable bonds is 3. The second-order valence-corrected chi connectivity index (χ2v) is 9.82. The first-order valence-corrected chi connectivity index (χ1v) is 10.6. The molecule has 27 heavy (non-hydrogen) atoms. The molecular formula is C22H33N3O2. The summed E-state index contributed by atoms with van der Waals surface area (Å²) >= 11 is 0. The predicted molar refractivity (Wildman–Crippen MR) is 105 cm³/mol. The SMILES string of the molecule is CCC(C)(C)C1CCC2(CC1)CC2C(=O)N1CCc2nn(C)c(=O)cc2C1. The van der Waals surface area contributed by atoms with Crippen LogP contribution in [0, 0.1) is 22.7 Å². The highest BCUT2D eigenvalue weighted by Gasteiger charge is 2.60. The molecule has 0 aromatic carbocycles. The Morgan fingerprint density at radius 2 is 2.04 bits per heavy atom. The number of amides is 1. The van der Waals surface area contributed by atoms with Crippen molar-refractivity contribution in [3.05, 3.63) is 27.7 Å². The molecule has 1 aromatic rings. The summed E-state index contributed by atoms with van der Waals surface area (Å²) in [5.74, 6) is 1.33. The molecule has 2 heterocycles. The van der Waals surface area contributed by atoms with Gasteiger partial charge in [-0.3, -0.25) is 9.59 Å². The van der Waals surface area contributed by atoms with Gasteiger partial charge in [0.1, 0.15) is 0 Å². The van der Waals surface area contributed by atoms with Gasteiger partial charge in [0.25, 0.3) is 5.56 Å². The van der Waals surface area contributed by atoms with Crippen molar-refractivity contribution in [3.8, 4) is 0 Å². The van der Waals surface area contributed by atoms with Crippen molar-refractivity contribution in [2.75, 3.05) is 6.54 Å². The van der Waals surface area contributed by atoms with E-state index in [1.54, 1.807) is 13.1 Å². The second-order valence-electron chi connectivity index (χ2n) is 9.82. The van der Waals surface area contributed by atoms with E-state index in [4.69, 9.17) is 0 Å². The number of carbonyl (C=O) groups excluding carboxylic acids is 1. The average molecular weight is 372 g/mol. The molecule has 3 aliphatic rings. The van der Waals surface area contributed by atoms with Crippen LogP contribution in [0.1, 0.15) is 70.6 Å². The third kappa shape index (κ3) is 3.23. The van der Waals surface area contributed by atoms with Crippen molar-refractivity contribution in [1.82, 2.24) is 14.7 Å². The molecule has 0 radical (unpaired) electrons. The molecule has 2 saturated carbocycles. The molecular weight excluding hydrogens is 338 g/mol. The van der Waals surface area contributed by atoms with Crippen molar-refractivity contribution in [2.24, 2.45) is 29.7 Å². The molecule has 1 unspecified atom stereocenters. The summed E-state index contributed by atoms with van der Waals surface area (Å²) in [6, 6.07) is 1.66. The number of hydrogen-bond acceptors (Lipinski definition) is 3. The van der Waals surface area contributed by atoms with Crippen molar-refractivity contribution < 1.29 is 4.79 Å². The van der Waals surface area contributed by atoms with Crippen LogP contribution in [0.25, 0.3) is 0 Å². The van der Waals surface area contributed by atoms with Crippen LogP contribution in [-0.2, 0) is 24.8 Å². The Morgan fingerprint density at radius 3 is 2.70 bits per heavy atom. The maximum Gasteiger partial charge on any atom is 0.266 e. The molecule has 4 rings (SSSR count). The maximum atomic E-state index is 13.2. The third-order valence-electron chi connectivity index (χ3n) is 8.04. The number of carbonyl (C=O) groups is 1. The van der Waals surface area contributed by atoms with E-state index in [-0.39, 0.29) is 16.9 Å². The summed E-state index contributed by atoms with van der Waals surface area (Å²) in [4.78, 5) is 27.0. The van der Waals surface area contributed by atoms with Crippen molar-refractivity contribution in [2.45, 2.75) is 72.3 Å². The quantitative estimate of drug-likeness (QED) is 0.819. The van der Waals surface area contributed by atoms with Gasteiger partial charge in [-0.2, -0.15) is 5.10 Å². The van der Waals surface area contributed by atoms with E-state index in [1.807, 2.05) is 4.90 Å². The first kappa shape index (κ1) is 18.7. The topological polar surface area (TPSA) is 55.2 Å². The molecule has 148 valence electrons. The zero-order valence-electron chi connectivity index (χ0n) is 17.3. The van der Waals surface area contributed by atoms with Crippen LogP contribution in [-0.4, -0.2) is 27.1 Å². The zero-order valence-corrected chi connectivity index (χ0v) is 17.3. The van der Waals surface area contributed by atoms with Crippen molar-refractivity contribution in [3.63, 3.8) is 0 Å². The van der Waals surface area contributed by atoms with Gasteiger partial charge in [-0.1, -0.05) is 27.2 Å². The van der Waals surface area contributed by atoms with E-state index in [9.17, 15) is 9.59 Å². The first-order chi connectivity index (χ1) is 12.8. The molecule has 1 spiro atoms. The zero-order chi connectivity index (χ0) is 19.4. The lowest BCUT2D eigenvalue weighted by Gasteiger charge is -2.39. The maximum absolute atomic E-state index is 13.2. The summed E-state index contributed by atoms with van der Waals surface area (Å²) in [6.07, 6.45) is 8.02. The fraction of sp³-hybridized carbons (Fsp3) is 0.773. The molecule has 0 saturated heterocycles. The van der Waals surface area contributed by atoms with Gasteiger partial charge in [-0.15, -0.1) is 0 Å². The highest BCUT2D eigenvalue weighted by atomic mass is 16.2. The minimum Gasteiger partial charge on any atom is -0.338 e. The summed E-state index contributed by atoms with van der Waals surface area (Å²) in [5, 5.41) is 4.36. The van der Waals surface area contributed by atoms with E-state index in [2.05, 4.69) is 25.9 Å². The van der Waals surface area contributed by atoms with Gasteiger partial charge in [-0.05, 0) is 48.9 Å². The van der Waals surface area contributed by atoms with E-state index in [0.717, 1.165) is 36.6 Å². The average Bonchev–Trinajstić information content (AvgIpc) is 3.35. The fourth-order valence-corrected chi connectivity index (χ4v) is 5.41. The van der Waals surface area contributed by atoms with Gasteiger partial charge in [-0.25, -0.2) is 4.68 Å². The molecule has 5 heteroatoms. The minimum atomic E-state index is -0.0946. The molecule has 1 aromatic heterocycles. The smallest absolute Gasteiger partial charge is 0.266 e. The Bertz CT molecular complexity index is 802. The first-order valence-electron chi connectivity index (χ1n) is 10.6.